The monoisotopic (exact) mass is 284 g/mol. The van der Waals surface area contributed by atoms with Crippen molar-refractivity contribution in [1.82, 2.24) is 10.3 Å². The van der Waals surface area contributed by atoms with Crippen LogP contribution in [-0.2, 0) is 14.3 Å². The second kappa shape index (κ2) is 6.45. The van der Waals surface area contributed by atoms with Crippen molar-refractivity contribution in [3.05, 3.63) is 16.1 Å². The highest BCUT2D eigenvalue weighted by atomic mass is 32.1. The Hall–Kier alpha value is -0.980. The summed E-state index contributed by atoms with van der Waals surface area (Å²) < 4.78 is 10.6. The molecule has 0 spiro atoms. The van der Waals surface area contributed by atoms with Gasteiger partial charge in [-0.1, -0.05) is 13.8 Å². The van der Waals surface area contributed by atoms with Gasteiger partial charge in [-0.05, 0) is 6.92 Å². The third kappa shape index (κ3) is 3.75. The zero-order chi connectivity index (χ0) is 13.8. The maximum Gasteiger partial charge on any atom is 0.252 e. The minimum absolute atomic E-state index is 0.109. The number of thiazole rings is 1. The van der Waals surface area contributed by atoms with E-state index in [1.54, 1.807) is 11.3 Å². The molecule has 1 aliphatic heterocycles. The number of nitrogens with zero attached hydrogens (tertiary/aromatic N) is 1. The summed E-state index contributed by atoms with van der Waals surface area (Å²) in [5.41, 5.74) is 0.902. The second-order valence-corrected chi connectivity index (χ2v) is 5.82. The molecule has 0 aromatic carbocycles. The first-order chi connectivity index (χ1) is 9.08. The van der Waals surface area contributed by atoms with Crippen LogP contribution in [0, 0.1) is 0 Å². The van der Waals surface area contributed by atoms with E-state index in [0.29, 0.717) is 25.7 Å². The fourth-order valence-corrected chi connectivity index (χ4v) is 2.71. The molecule has 19 heavy (non-hydrogen) atoms. The highest BCUT2D eigenvalue weighted by Crippen LogP contribution is 2.22. The van der Waals surface area contributed by atoms with Crippen LogP contribution >= 0.6 is 11.3 Å². The zero-order valence-electron chi connectivity index (χ0n) is 11.5. The normalized spacial score (nSPS) is 21.4. The van der Waals surface area contributed by atoms with Crippen molar-refractivity contribution in [2.45, 2.75) is 38.8 Å². The van der Waals surface area contributed by atoms with Crippen LogP contribution in [0.4, 0.5) is 0 Å². The van der Waals surface area contributed by atoms with Crippen LogP contribution in [0.1, 0.15) is 43.4 Å². The van der Waals surface area contributed by atoms with E-state index < -0.39 is 6.10 Å². The number of carbonyl (C=O) groups excluding carboxylic acids is 1. The molecule has 0 bridgehead atoms. The van der Waals surface area contributed by atoms with Crippen LogP contribution in [-0.4, -0.2) is 36.8 Å². The van der Waals surface area contributed by atoms with Crippen LogP contribution in [0.25, 0.3) is 0 Å². The van der Waals surface area contributed by atoms with Crippen LogP contribution in [0.3, 0.4) is 0 Å². The lowest BCUT2D eigenvalue weighted by Crippen LogP contribution is -2.43. The topological polar surface area (TPSA) is 60.5 Å². The standard InChI is InChI=1S/C13H20N2O3S/c1-8(2)13-15-10(7-19-13)9(3)14-12(16)11-6-17-4-5-18-11/h7-9,11H,4-6H2,1-3H3,(H,14,16)/t9-,11+/m1/s1. The summed E-state index contributed by atoms with van der Waals surface area (Å²) in [6, 6.07) is -0.109. The quantitative estimate of drug-likeness (QED) is 0.917. The van der Waals surface area contributed by atoms with Gasteiger partial charge in [-0.2, -0.15) is 0 Å². The third-order valence-electron chi connectivity index (χ3n) is 2.94. The highest BCUT2D eigenvalue weighted by Gasteiger charge is 2.24. The van der Waals surface area contributed by atoms with Crippen LogP contribution in [0.15, 0.2) is 5.38 Å². The van der Waals surface area contributed by atoms with Crippen molar-refractivity contribution in [1.29, 1.82) is 0 Å². The number of rotatable bonds is 4. The average Bonchev–Trinajstić information content (AvgIpc) is 2.89. The number of hydrogen-bond acceptors (Lipinski definition) is 5. The van der Waals surface area contributed by atoms with E-state index >= 15 is 0 Å². The Balaban J connectivity index is 1.91. The van der Waals surface area contributed by atoms with E-state index in [1.807, 2.05) is 12.3 Å². The van der Waals surface area contributed by atoms with Gasteiger partial charge in [-0.3, -0.25) is 4.79 Å². The molecule has 1 saturated heterocycles. The molecule has 5 nitrogen and oxygen atoms in total. The Labute approximate surface area is 117 Å². The Morgan fingerprint density at radius 1 is 1.47 bits per heavy atom. The number of amides is 1. The first-order valence-corrected chi connectivity index (χ1v) is 7.41. The molecule has 1 aromatic heterocycles. The van der Waals surface area contributed by atoms with E-state index in [2.05, 4.69) is 24.1 Å². The largest absolute Gasteiger partial charge is 0.376 e. The molecule has 2 rings (SSSR count). The summed E-state index contributed by atoms with van der Waals surface area (Å²) in [6.45, 7) is 7.51. The highest BCUT2D eigenvalue weighted by molar-refractivity contribution is 7.09. The zero-order valence-corrected chi connectivity index (χ0v) is 12.3. The predicted octanol–water partition coefficient (Wildman–Crippen LogP) is 1.86. The molecule has 2 heterocycles. The first kappa shape index (κ1) is 14.4. The van der Waals surface area contributed by atoms with E-state index in [9.17, 15) is 4.79 Å². The lowest BCUT2D eigenvalue weighted by molar-refractivity contribution is -0.148. The summed E-state index contributed by atoms with van der Waals surface area (Å²) in [5.74, 6) is 0.281. The number of aromatic nitrogens is 1. The number of carbonyl (C=O) groups is 1. The molecule has 1 aromatic rings. The first-order valence-electron chi connectivity index (χ1n) is 6.53. The molecule has 2 atom stereocenters. The van der Waals surface area contributed by atoms with Gasteiger partial charge in [0.15, 0.2) is 6.10 Å². The van der Waals surface area contributed by atoms with Gasteiger partial charge in [0.1, 0.15) is 0 Å². The van der Waals surface area contributed by atoms with Gasteiger partial charge in [0, 0.05) is 11.3 Å². The van der Waals surface area contributed by atoms with Crippen molar-refractivity contribution in [3.63, 3.8) is 0 Å². The summed E-state index contributed by atoms with van der Waals surface area (Å²) in [4.78, 5) is 16.5. The Morgan fingerprint density at radius 3 is 2.84 bits per heavy atom. The molecular weight excluding hydrogens is 264 g/mol. The molecule has 0 radical (unpaired) electrons. The third-order valence-corrected chi connectivity index (χ3v) is 4.11. The maximum atomic E-state index is 12.0. The minimum atomic E-state index is -0.501. The van der Waals surface area contributed by atoms with Crippen molar-refractivity contribution in [3.8, 4) is 0 Å². The average molecular weight is 284 g/mol. The molecule has 1 N–H and O–H groups in total. The fraction of sp³-hybridized carbons (Fsp3) is 0.692. The van der Waals surface area contributed by atoms with Gasteiger partial charge in [-0.25, -0.2) is 4.98 Å². The van der Waals surface area contributed by atoms with Crippen molar-refractivity contribution in [2.24, 2.45) is 0 Å². The van der Waals surface area contributed by atoms with Gasteiger partial charge < -0.3 is 14.8 Å². The molecule has 0 saturated carbocycles. The van der Waals surface area contributed by atoms with Gasteiger partial charge in [0.2, 0.25) is 0 Å². The number of ether oxygens (including phenoxy) is 2. The fourth-order valence-electron chi connectivity index (χ4n) is 1.78. The van der Waals surface area contributed by atoms with Crippen molar-refractivity contribution < 1.29 is 14.3 Å². The smallest absolute Gasteiger partial charge is 0.252 e. The molecule has 1 aliphatic rings. The van der Waals surface area contributed by atoms with E-state index in [1.165, 1.54) is 0 Å². The lowest BCUT2D eigenvalue weighted by Gasteiger charge is -2.23. The van der Waals surface area contributed by atoms with Gasteiger partial charge in [0.05, 0.1) is 36.6 Å². The molecular formula is C13H20N2O3S. The Bertz CT molecular complexity index is 427. The molecule has 106 valence electrons. The molecule has 6 heteroatoms. The second-order valence-electron chi connectivity index (χ2n) is 4.93. The summed E-state index contributed by atoms with van der Waals surface area (Å²) in [6.07, 6.45) is -0.501. The van der Waals surface area contributed by atoms with Gasteiger partial charge in [-0.15, -0.1) is 11.3 Å². The Kier molecular flexibility index (Phi) is 4.90. The Morgan fingerprint density at radius 2 is 2.26 bits per heavy atom. The van der Waals surface area contributed by atoms with Crippen LogP contribution in [0.5, 0.6) is 0 Å². The summed E-state index contributed by atoms with van der Waals surface area (Å²) in [7, 11) is 0. The SMILES string of the molecule is CC(C)c1nc([C@@H](C)NC(=O)[C@@H]2COCCO2)cs1. The lowest BCUT2D eigenvalue weighted by atomic mass is 10.2. The van der Waals surface area contributed by atoms with Crippen LogP contribution < -0.4 is 5.32 Å². The van der Waals surface area contributed by atoms with E-state index in [4.69, 9.17) is 9.47 Å². The van der Waals surface area contributed by atoms with Crippen molar-refractivity contribution in [2.75, 3.05) is 19.8 Å². The minimum Gasteiger partial charge on any atom is -0.376 e. The maximum absolute atomic E-state index is 12.0. The van der Waals surface area contributed by atoms with E-state index in [0.717, 1.165) is 10.7 Å². The number of hydrogen-bond donors (Lipinski definition) is 1. The molecule has 0 aliphatic carbocycles. The molecule has 1 amide bonds. The molecule has 0 unspecified atom stereocenters. The summed E-state index contributed by atoms with van der Waals surface area (Å²) in [5, 5.41) is 6.01. The molecule has 1 fully saturated rings. The summed E-state index contributed by atoms with van der Waals surface area (Å²) >= 11 is 1.63. The van der Waals surface area contributed by atoms with Crippen molar-refractivity contribution >= 4 is 17.2 Å². The van der Waals surface area contributed by atoms with Gasteiger partial charge in [0.25, 0.3) is 5.91 Å². The van der Waals surface area contributed by atoms with Gasteiger partial charge >= 0.3 is 0 Å². The van der Waals surface area contributed by atoms with E-state index in [-0.39, 0.29) is 11.9 Å². The number of nitrogens with one attached hydrogen (secondary N) is 1. The van der Waals surface area contributed by atoms with Crippen LogP contribution in [0.2, 0.25) is 0 Å². The predicted molar refractivity (Wildman–Crippen MR) is 73.3 cm³/mol.